The average molecular weight is 1520 g/mol. The first kappa shape index (κ1) is 96.0. The summed E-state index contributed by atoms with van der Waals surface area (Å²) in [5, 5.41) is 9.42. The first-order valence-electron chi connectivity index (χ1n) is 36.3. The predicted molar refractivity (Wildman–Crippen MR) is 395 cm³/mol. The number of methoxy groups -OCH3 is 4. The molecule has 9 fully saturated rings. The van der Waals surface area contributed by atoms with Gasteiger partial charge < -0.3 is 46.6 Å². The molecular weight excluding hydrogens is 1380 g/mol. The number of fused-ring (bicyclic) bond motifs is 15. The van der Waals surface area contributed by atoms with Gasteiger partial charge in [-0.3, -0.25) is 19.2 Å². The van der Waals surface area contributed by atoms with Crippen LogP contribution in [0.3, 0.4) is 0 Å². The summed E-state index contributed by atoms with van der Waals surface area (Å²) in [6.45, 7) is 33.5. The third-order valence-corrected chi connectivity index (χ3v) is 21.8. The molecule has 9 aliphatic carbocycles. The van der Waals surface area contributed by atoms with Gasteiger partial charge in [-0.15, -0.1) is 0 Å². The van der Waals surface area contributed by atoms with E-state index >= 15 is 0 Å². The van der Waals surface area contributed by atoms with Crippen LogP contribution in [-0.2, 0) is 74.6 Å². The normalized spacial score (nSPS) is 24.1. The van der Waals surface area contributed by atoms with Crippen molar-refractivity contribution in [2.24, 2.45) is 103 Å². The van der Waals surface area contributed by atoms with Crippen LogP contribution in [0, 0.1) is 92.7 Å². The van der Waals surface area contributed by atoms with Gasteiger partial charge in [0, 0.05) is 25.4 Å². The third-order valence-electron chi connectivity index (χ3n) is 21.8. The van der Waals surface area contributed by atoms with E-state index in [0.717, 1.165) is 32.8 Å². The number of carbonyl (C=O) groups is 7. The second-order valence-electron chi connectivity index (χ2n) is 29.7. The Morgan fingerprint density at radius 2 is 0.697 bits per heavy atom. The van der Waals surface area contributed by atoms with Crippen LogP contribution in [0.25, 0.3) is 0 Å². The van der Waals surface area contributed by atoms with E-state index in [2.05, 4.69) is 55.2 Å². The van der Waals surface area contributed by atoms with Gasteiger partial charge in [0.05, 0.1) is 69.7 Å². The number of halogens is 1. The number of rotatable bonds is 19. The van der Waals surface area contributed by atoms with E-state index in [1.54, 1.807) is 160 Å². The van der Waals surface area contributed by atoms with E-state index in [4.69, 9.17) is 14.6 Å². The molecule has 0 radical (unpaired) electrons. The van der Waals surface area contributed by atoms with Crippen LogP contribution in [0.5, 0.6) is 0 Å². The van der Waals surface area contributed by atoms with Gasteiger partial charge in [0.15, 0.2) is 0 Å². The van der Waals surface area contributed by atoms with Crippen molar-refractivity contribution >= 4 is 77.1 Å². The van der Waals surface area contributed by atoms with Crippen molar-refractivity contribution < 1.29 is 84.5 Å². The van der Waals surface area contributed by atoms with Crippen molar-refractivity contribution in [3.63, 3.8) is 0 Å². The number of amides is 1. The fourth-order valence-corrected chi connectivity index (χ4v) is 14.7. The Labute approximate surface area is 610 Å². The van der Waals surface area contributed by atoms with Crippen molar-refractivity contribution in [2.45, 2.75) is 238 Å². The highest BCUT2D eigenvalue weighted by Crippen LogP contribution is 2.60. The summed E-state index contributed by atoms with van der Waals surface area (Å²) in [6, 6.07) is 0. The molecule has 2 N–H and O–H groups in total. The molecule has 0 spiro atoms. The summed E-state index contributed by atoms with van der Waals surface area (Å²) in [5.41, 5.74) is -0.776. The number of ether oxygens (including phenoxy) is 7. The minimum atomic E-state index is -0.527. The lowest BCUT2D eigenvalue weighted by molar-refractivity contribution is -0.154. The van der Waals surface area contributed by atoms with E-state index in [1.165, 1.54) is 112 Å². The summed E-state index contributed by atoms with van der Waals surface area (Å²) in [7, 11) is 8.05. The lowest BCUT2D eigenvalue weighted by Gasteiger charge is -2.23. The lowest BCUT2D eigenvalue weighted by Crippen LogP contribution is -2.31. The second-order valence-corrected chi connectivity index (χ2v) is 30.6. The Bertz CT molecular complexity index is 2330. The van der Waals surface area contributed by atoms with Crippen LogP contribution in [-0.4, -0.2) is 141 Å². The zero-order chi connectivity index (χ0) is 76.1. The predicted octanol–water partition coefficient (Wildman–Crippen LogP) is 16.1. The van der Waals surface area contributed by atoms with Gasteiger partial charge in [-0.2, -0.15) is 0 Å². The molecule has 1 amide bonds. The maximum absolute atomic E-state index is 11.4. The zero-order valence-electron chi connectivity index (χ0n) is 64.8. The monoisotopic (exact) mass is 1520 g/mol. The number of carbonyl (C=O) groups excluding carboxylic acids is 9. The minimum Gasteiger partial charge on any atom is -0.469 e. The SMILES string of the molecule is C1CC2C3CCC(C3)C2C1.C1CC2C3CCC(C3)C2C1.C1CC2C3CCC(C3)C2C1.C=C(C)C(=O)OC.C=C(C)C(=O)OCCN=C=O.CCC(C)(C)C(=O)OC.CCC(C)(C)C(=O)OC.CCC(C)(C)C(=O)OCCN=C=O.CCC(C)(C)C(=O)OCCNC(=O)OC.CO.COI. The average Bonchev–Trinajstić information content (AvgIpc) is 1.64. The van der Waals surface area contributed by atoms with Crippen molar-refractivity contribution in [3.8, 4) is 0 Å². The maximum Gasteiger partial charge on any atom is 0.406 e. The Hall–Kier alpha value is -5.02. The van der Waals surface area contributed by atoms with Gasteiger partial charge in [-0.05, 0) is 262 Å². The van der Waals surface area contributed by atoms with E-state index < -0.39 is 22.9 Å². The lowest BCUT2D eigenvalue weighted by atomic mass is 9.82. The first-order chi connectivity index (χ1) is 46.7. The van der Waals surface area contributed by atoms with E-state index in [0.29, 0.717) is 11.1 Å². The molecule has 0 aromatic carbocycles. The summed E-state index contributed by atoms with van der Waals surface area (Å²) in [6.07, 6.45) is 33.9. The van der Waals surface area contributed by atoms with E-state index in [1.807, 2.05) is 83.1 Å². The Morgan fingerprint density at radius 3 is 0.909 bits per heavy atom. The van der Waals surface area contributed by atoms with Gasteiger partial charge in [0.1, 0.15) is 42.8 Å². The Morgan fingerprint density at radius 1 is 0.434 bits per heavy atom. The fourth-order valence-electron chi connectivity index (χ4n) is 14.7. The number of aliphatic imine (C=N–C) groups is 2. The molecule has 0 heterocycles. The molecule has 99 heavy (non-hydrogen) atoms. The van der Waals surface area contributed by atoms with Gasteiger partial charge in [0.25, 0.3) is 0 Å². The topological polar surface area (TPSA) is 284 Å². The number of nitrogens with zero attached hydrogens (tertiary/aromatic N) is 2. The molecule has 0 aromatic heterocycles. The van der Waals surface area contributed by atoms with Crippen LogP contribution in [0.2, 0.25) is 0 Å². The quantitative estimate of drug-likeness (QED) is 0.0231. The van der Waals surface area contributed by atoms with Gasteiger partial charge >= 0.3 is 41.9 Å². The number of isocyanates is 2. The number of esters is 6. The van der Waals surface area contributed by atoms with Crippen LogP contribution in [0.4, 0.5) is 4.79 Å². The molecule has 9 rings (SSSR count). The highest BCUT2D eigenvalue weighted by molar-refractivity contribution is 14.1. The smallest absolute Gasteiger partial charge is 0.406 e. The van der Waals surface area contributed by atoms with E-state index in [-0.39, 0.29) is 80.1 Å². The molecule has 12 unspecified atom stereocenters. The number of aliphatic hydroxyl groups is 1. The number of hydrogen-bond donors (Lipinski definition) is 2. The van der Waals surface area contributed by atoms with Crippen LogP contribution < -0.4 is 5.32 Å². The van der Waals surface area contributed by atoms with Crippen molar-refractivity contribution in [3.05, 3.63) is 24.3 Å². The van der Waals surface area contributed by atoms with Gasteiger partial charge in [-0.25, -0.2) is 34.0 Å². The maximum atomic E-state index is 11.4. The summed E-state index contributed by atoms with van der Waals surface area (Å²) >= 11 is 1.79. The molecule has 0 aromatic rings. The van der Waals surface area contributed by atoms with Crippen LogP contribution in [0.15, 0.2) is 34.3 Å². The molecule has 0 aliphatic heterocycles. The molecule has 572 valence electrons. The second kappa shape index (κ2) is 52.0. The molecule has 9 saturated carbocycles. The molecule has 21 nitrogen and oxygen atoms in total. The third kappa shape index (κ3) is 35.6. The summed E-state index contributed by atoms with van der Waals surface area (Å²) < 4.78 is 36.4. The Balaban J connectivity index is 0. The fraction of sp³-hybridized carbons (Fsp3) is 0.831. The molecule has 6 bridgehead atoms. The number of nitrogens with one attached hydrogen (secondary N) is 1. The Kier molecular flexibility index (Phi) is 50.5. The molecular formula is C77H134IN3O18. The summed E-state index contributed by atoms with van der Waals surface area (Å²) in [5.74, 6) is 12.8. The van der Waals surface area contributed by atoms with Crippen molar-refractivity contribution in [1.82, 2.24) is 5.32 Å². The number of alkyl carbamates (subject to hydrolysis) is 1. The van der Waals surface area contributed by atoms with Crippen LogP contribution in [0.1, 0.15) is 238 Å². The van der Waals surface area contributed by atoms with E-state index in [9.17, 15) is 43.2 Å². The van der Waals surface area contributed by atoms with Gasteiger partial charge in [-0.1, -0.05) is 60.1 Å². The molecule has 0 saturated heterocycles. The number of hydrogen-bond acceptors (Lipinski definition) is 20. The standard InChI is InChI=1S/C10H19NO4.3C10H16.C9H15NO3.C7H9NO3.2C7H14O2.C5H8O2.CH3IO.CH4O/c1-5-10(2,3)8(12)15-7-6-11-9(13)14-4;3*1-2-9-7-4-5-8(6-7)10(9)3-1;1-4-9(2,3)8(12)13-6-5-10-7-11;1-6(2)7(10)11-4-3-8-5-9;2*1-5-7(2,3)6(8)9-4;1-4(2)5(6)7-3;1-3-2;1-2/h5-7H2,1-4H3,(H,11,13);3*7-10H,1-6H2;4-6H2,1-3H3;1,3-4H2,2H3;2*5H2,1-4H3;1H2,2-3H3;1H3;2H,1H3. The molecule has 22 heteroatoms. The molecule has 9 aliphatic rings. The molecule has 12 atom stereocenters. The largest absolute Gasteiger partial charge is 0.469 e. The number of aliphatic hydroxyl groups excluding tert-OH is 1. The van der Waals surface area contributed by atoms with Crippen molar-refractivity contribution in [2.75, 3.05) is 82.1 Å². The first-order valence-corrected chi connectivity index (χ1v) is 37.1. The zero-order valence-corrected chi connectivity index (χ0v) is 67.0. The highest BCUT2D eigenvalue weighted by atomic mass is 127. The van der Waals surface area contributed by atoms with Gasteiger partial charge in [0.2, 0.25) is 12.2 Å². The summed E-state index contributed by atoms with van der Waals surface area (Å²) in [4.78, 5) is 102. The van der Waals surface area contributed by atoms with Crippen molar-refractivity contribution in [1.29, 1.82) is 0 Å². The highest BCUT2D eigenvalue weighted by Gasteiger charge is 2.51. The van der Waals surface area contributed by atoms with Crippen LogP contribution >= 0.6 is 23.0 Å². The minimum absolute atomic E-state index is 0.0981.